The molecule has 0 aliphatic heterocycles. The van der Waals surface area contributed by atoms with Gasteiger partial charge in [-0.15, -0.1) is 0 Å². The number of ether oxygens (including phenoxy) is 1. The Morgan fingerprint density at radius 3 is 2.81 bits per heavy atom. The summed E-state index contributed by atoms with van der Waals surface area (Å²) in [6, 6.07) is 8.16. The topological polar surface area (TPSA) is 26.3 Å². The fraction of sp³-hybridized carbons (Fsp3) is 0.500. The second kappa shape index (κ2) is 5.15. The number of benzene rings is 1. The van der Waals surface area contributed by atoms with E-state index in [4.69, 9.17) is 4.74 Å². The molecule has 16 heavy (non-hydrogen) atoms. The highest BCUT2D eigenvalue weighted by atomic mass is 16.5. The van der Waals surface area contributed by atoms with E-state index in [1.807, 2.05) is 18.2 Å². The molecule has 2 nitrogen and oxygen atoms in total. The van der Waals surface area contributed by atoms with Gasteiger partial charge in [0, 0.05) is 12.8 Å². The molecule has 1 atom stereocenters. The van der Waals surface area contributed by atoms with Gasteiger partial charge in [-0.3, -0.25) is 4.79 Å². The summed E-state index contributed by atoms with van der Waals surface area (Å²) in [5.41, 5.74) is 1.26. The number of carbonyl (C=O) groups excluding carboxylic acids is 1. The Balaban J connectivity index is 2.19. The summed E-state index contributed by atoms with van der Waals surface area (Å²) in [6.45, 7) is 0. The fourth-order valence-electron chi connectivity index (χ4n) is 2.46. The van der Waals surface area contributed by atoms with E-state index in [0.29, 0.717) is 11.7 Å². The number of ketones is 1. The zero-order valence-electron chi connectivity index (χ0n) is 9.74. The van der Waals surface area contributed by atoms with Gasteiger partial charge in [0.25, 0.3) is 0 Å². The molecule has 1 aliphatic rings. The van der Waals surface area contributed by atoms with Crippen LogP contribution in [-0.4, -0.2) is 12.9 Å². The normalized spacial score (nSPS) is 21.6. The molecule has 1 aliphatic carbocycles. The zero-order chi connectivity index (χ0) is 11.4. The van der Waals surface area contributed by atoms with Crippen LogP contribution in [-0.2, 0) is 4.79 Å². The lowest BCUT2D eigenvalue weighted by Crippen LogP contribution is -2.01. The van der Waals surface area contributed by atoms with Crippen LogP contribution in [0.3, 0.4) is 0 Å². The molecular weight excluding hydrogens is 200 g/mol. The van der Waals surface area contributed by atoms with Crippen LogP contribution < -0.4 is 4.74 Å². The molecule has 2 rings (SSSR count). The minimum atomic E-state index is 0.414. The van der Waals surface area contributed by atoms with Crippen LogP contribution in [0.2, 0.25) is 0 Å². The standard InChI is InChI=1S/C14H18O2/c1-16-14-8-3-2-7-13(14)11-5-4-6-12(15)10-9-11/h2-3,7-8,11H,4-6,9-10H2,1H3. The third-order valence-corrected chi connectivity index (χ3v) is 3.36. The molecule has 86 valence electrons. The SMILES string of the molecule is COc1ccccc1C1CCCC(=O)CC1. The molecule has 0 bridgehead atoms. The van der Waals surface area contributed by atoms with Crippen molar-refractivity contribution in [3.8, 4) is 5.75 Å². The van der Waals surface area contributed by atoms with Crippen LogP contribution in [0.4, 0.5) is 0 Å². The van der Waals surface area contributed by atoms with Crippen molar-refractivity contribution in [1.29, 1.82) is 0 Å². The molecule has 0 saturated heterocycles. The maximum absolute atomic E-state index is 11.4. The van der Waals surface area contributed by atoms with Gasteiger partial charge in [0.2, 0.25) is 0 Å². The second-order valence-corrected chi connectivity index (χ2v) is 4.41. The highest BCUT2D eigenvalue weighted by molar-refractivity contribution is 5.78. The first-order valence-corrected chi connectivity index (χ1v) is 5.96. The van der Waals surface area contributed by atoms with E-state index < -0.39 is 0 Å². The summed E-state index contributed by atoms with van der Waals surface area (Å²) < 4.78 is 5.38. The van der Waals surface area contributed by atoms with Gasteiger partial charge in [0.15, 0.2) is 0 Å². The van der Waals surface area contributed by atoms with Gasteiger partial charge in [-0.1, -0.05) is 18.2 Å². The lowest BCUT2D eigenvalue weighted by atomic mass is 9.91. The minimum Gasteiger partial charge on any atom is -0.496 e. The molecule has 1 fully saturated rings. The predicted molar refractivity (Wildman–Crippen MR) is 63.8 cm³/mol. The molecule has 0 aromatic heterocycles. The third-order valence-electron chi connectivity index (χ3n) is 3.36. The summed E-state index contributed by atoms with van der Waals surface area (Å²) in [4.78, 5) is 11.4. The van der Waals surface area contributed by atoms with Crippen molar-refractivity contribution in [2.24, 2.45) is 0 Å². The molecular formula is C14H18O2. The van der Waals surface area contributed by atoms with Crippen LogP contribution in [0.15, 0.2) is 24.3 Å². The average Bonchev–Trinajstić information content (AvgIpc) is 2.54. The Labute approximate surface area is 96.6 Å². The fourth-order valence-corrected chi connectivity index (χ4v) is 2.46. The van der Waals surface area contributed by atoms with E-state index in [0.717, 1.165) is 37.9 Å². The number of carbonyl (C=O) groups is 1. The van der Waals surface area contributed by atoms with Crippen LogP contribution in [0.25, 0.3) is 0 Å². The monoisotopic (exact) mass is 218 g/mol. The summed E-state index contributed by atoms with van der Waals surface area (Å²) >= 11 is 0. The van der Waals surface area contributed by atoms with E-state index in [9.17, 15) is 4.79 Å². The predicted octanol–water partition coefficient (Wildman–Crippen LogP) is 3.31. The summed E-state index contributed by atoms with van der Waals surface area (Å²) in [7, 11) is 1.71. The molecule has 1 aromatic carbocycles. The van der Waals surface area contributed by atoms with Crippen LogP contribution in [0.5, 0.6) is 5.75 Å². The van der Waals surface area contributed by atoms with E-state index in [1.165, 1.54) is 5.56 Å². The van der Waals surface area contributed by atoms with Gasteiger partial charge in [-0.05, 0) is 36.8 Å². The maximum Gasteiger partial charge on any atom is 0.132 e. The third kappa shape index (κ3) is 2.43. The van der Waals surface area contributed by atoms with Gasteiger partial charge in [-0.25, -0.2) is 0 Å². The maximum atomic E-state index is 11.4. The van der Waals surface area contributed by atoms with Gasteiger partial charge >= 0.3 is 0 Å². The number of para-hydroxylation sites is 1. The Kier molecular flexibility index (Phi) is 3.60. The number of methoxy groups -OCH3 is 1. The van der Waals surface area contributed by atoms with Gasteiger partial charge in [0.05, 0.1) is 7.11 Å². The first-order chi connectivity index (χ1) is 7.81. The summed E-state index contributed by atoms with van der Waals surface area (Å²) in [6.07, 6.45) is 4.57. The van der Waals surface area contributed by atoms with Crippen LogP contribution in [0, 0.1) is 0 Å². The number of Topliss-reactive ketones (excluding diaryl/α,β-unsaturated/α-hetero) is 1. The minimum absolute atomic E-state index is 0.414. The molecule has 1 saturated carbocycles. The largest absolute Gasteiger partial charge is 0.496 e. The molecule has 0 heterocycles. The van der Waals surface area contributed by atoms with Gasteiger partial charge < -0.3 is 4.74 Å². The first kappa shape index (κ1) is 11.2. The molecule has 1 unspecified atom stereocenters. The highest BCUT2D eigenvalue weighted by Crippen LogP contribution is 2.35. The highest BCUT2D eigenvalue weighted by Gasteiger charge is 2.20. The molecule has 0 amide bonds. The van der Waals surface area contributed by atoms with Gasteiger partial charge in [-0.2, -0.15) is 0 Å². The quantitative estimate of drug-likeness (QED) is 0.712. The number of rotatable bonds is 2. The van der Waals surface area contributed by atoms with Crippen molar-refractivity contribution in [1.82, 2.24) is 0 Å². The van der Waals surface area contributed by atoms with Crippen LogP contribution in [0.1, 0.15) is 43.6 Å². The lowest BCUT2D eigenvalue weighted by molar-refractivity contribution is -0.118. The van der Waals surface area contributed by atoms with Crippen molar-refractivity contribution in [2.75, 3.05) is 7.11 Å². The van der Waals surface area contributed by atoms with Crippen molar-refractivity contribution in [3.05, 3.63) is 29.8 Å². The summed E-state index contributed by atoms with van der Waals surface area (Å²) in [5.74, 6) is 1.86. The second-order valence-electron chi connectivity index (χ2n) is 4.41. The van der Waals surface area contributed by atoms with Crippen molar-refractivity contribution >= 4 is 5.78 Å². The Hall–Kier alpha value is -1.31. The smallest absolute Gasteiger partial charge is 0.132 e. The van der Waals surface area contributed by atoms with E-state index in [1.54, 1.807) is 7.11 Å². The Bertz CT molecular complexity index is 371. The van der Waals surface area contributed by atoms with Crippen molar-refractivity contribution in [2.45, 2.75) is 38.0 Å². The van der Waals surface area contributed by atoms with E-state index in [2.05, 4.69) is 6.07 Å². The lowest BCUT2D eigenvalue weighted by Gasteiger charge is -2.17. The van der Waals surface area contributed by atoms with Crippen molar-refractivity contribution in [3.63, 3.8) is 0 Å². The van der Waals surface area contributed by atoms with Crippen LogP contribution >= 0.6 is 0 Å². The molecule has 2 heteroatoms. The molecule has 0 N–H and O–H groups in total. The number of hydrogen-bond acceptors (Lipinski definition) is 2. The summed E-state index contributed by atoms with van der Waals surface area (Å²) in [5, 5.41) is 0. The van der Waals surface area contributed by atoms with Crippen molar-refractivity contribution < 1.29 is 9.53 Å². The van der Waals surface area contributed by atoms with Gasteiger partial charge in [0.1, 0.15) is 11.5 Å². The zero-order valence-corrected chi connectivity index (χ0v) is 9.74. The Morgan fingerprint density at radius 2 is 2.00 bits per heavy atom. The van der Waals surface area contributed by atoms with E-state index >= 15 is 0 Å². The molecule has 0 radical (unpaired) electrons. The first-order valence-electron chi connectivity index (χ1n) is 5.96. The van der Waals surface area contributed by atoms with E-state index in [-0.39, 0.29) is 0 Å². The molecule has 1 aromatic rings. The number of hydrogen-bond donors (Lipinski definition) is 0. The Morgan fingerprint density at radius 1 is 1.19 bits per heavy atom. The molecule has 0 spiro atoms. The average molecular weight is 218 g/mol.